The Hall–Kier alpha value is -0.350. The van der Waals surface area contributed by atoms with Crippen LogP contribution in [-0.4, -0.2) is 6.54 Å². The number of nitrogens with one attached hydrogen (secondary N) is 1. The highest BCUT2D eigenvalue weighted by atomic mass is 35.5. The van der Waals surface area contributed by atoms with E-state index in [-0.39, 0.29) is 0 Å². The third-order valence-electron chi connectivity index (χ3n) is 4.12. The molecule has 2 aromatic rings. The van der Waals surface area contributed by atoms with Crippen LogP contribution in [0.1, 0.15) is 58.0 Å². The molecule has 0 amide bonds. The third-order valence-corrected chi connectivity index (χ3v) is 7.04. The van der Waals surface area contributed by atoms with E-state index in [9.17, 15) is 0 Å². The minimum atomic E-state index is 0.308. The van der Waals surface area contributed by atoms with E-state index in [0.29, 0.717) is 6.04 Å². The molecule has 21 heavy (non-hydrogen) atoms. The molecule has 0 bridgehead atoms. The van der Waals surface area contributed by atoms with Crippen LogP contribution in [0.4, 0.5) is 0 Å². The summed E-state index contributed by atoms with van der Waals surface area (Å²) in [6.45, 7) is 5.24. The third kappa shape index (κ3) is 3.37. The van der Waals surface area contributed by atoms with Gasteiger partial charge in [0.15, 0.2) is 0 Å². The van der Waals surface area contributed by atoms with E-state index in [0.717, 1.165) is 10.9 Å². The lowest BCUT2D eigenvalue weighted by molar-refractivity contribution is 0.647. The van der Waals surface area contributed by atoms with Crippen LogP contribution >= 0.6 is 34.3 Å². The average molecular weight is 340 g/mol. The van der Waals surface area contributed by atoms with Crippen molar-refractivity contribution in [1.29, 1.82) is 0 Å². The Labute approximate surface area is 140 Å². The summed E-state index contributed by atoms with van der Waals surface area (Å²) in [5, 5.41) is 3.64. The zero-order chi connectivity index (χ0) is 14.8. The van der Waals surface area contributed by atoms with Crippen molar-refractivity contribution in [3.05, 3.63) is 42.2 Å². The van der Waals surface area contributed by atoms with Gasteiger partial charge < -0.3 is 5.32 Å². The van der Waals surface area contributed by atoms with E-state index in [4.69, 9.17) is 11.6 Å². The van der Waals surface area contributed by atoms with Crippen molar-refractivity contribution in [3.63, 3.8) is 0 Å². The van der Waals surface area contributed by atoms with Gasteiger partial charge in [0.2, 0.25) is 0 Å². The standard InChI is InChI=1S/C17H22ClNS2/c1-3-19-16(14-9-11(2)17(18)21-14)15-10-12-7-5-4-6-8-13(12)20-15/h9-10,16,19H,3-8H2,1-2H3. The number of thiophene rings is 2. The Kier molecular flexibility index (Phi) is 5.05. The Balaban J connectivity index is 1.93. The van der Waals surface area contributed by atoms with Crippen LogP contribution in [0.3, 0.4) is 0 Å². The van der Waals surface area contributed by atoms with Gasteiger partial charge in [-0.2, -0.15) is 0 Å². The van der Waals surface area contributed by atoms with Crippen LogP contribution in [0.2, 0.25) is 4.34 Å². The number of hydrogen-bond acceptors (Lipinski definition) is 3. The van der Waals surface area contributed by atoms with E-state index < -0.39 is 0 Å². The second-order valence-corrected chi connectivity index (χ2v) is 8.61. The summed E-state index contributed by atoms with van der Waals surface area (Å²) in [5.74, 6) is 0. The van der Waals surface area contributed by atoms with Crippen LogP contribution in [0.5, 0.6) is 0 Å². The van der Waals surface area contributed by atoms with Gasteiger partial charge in [-0.3, -0.25) is 0 Å². The highest BCUT2D eigenvalue weighted by molar-refractivity contribution is 7.17. The Morgan fingerprint density at radius 1 is 1.14 bits per heavy atom. The van der Waals surface area contributed by atoms with E-state index in [2.05, 4.69) is 31.3 Å². The van der Waals surface area contributed by atoms with Crippen molar-refractivity contribution >= 4 is 34.3 Å². The molecule has 1 aliphatic carbocycles. The minimum Gasteiger partial charge on any atom is -0.305 e. The molecular weight excluding hydrogens is 318 g/mol. The van der Waals surface area contributed by atoms with Crippen molar-refractivity contribution in [2.24, 2.45) is 0 Å². The lowest BCUT2D eigenvalue weighted by atomic mass is 10.1. The molecule has 114 valence electrons. The van der Waals surface area contributed by atoms with Gasteiger partial charge in [-0.15, -0.1) is 22.7 Å². The van der Waals surface area contributed by atoms with Crippen molar-refractivity contribution in [1.82, 2.24) is 5.32 Å². The highest BCUT2D eigenvalue weighted by Crippen LogP contribution is 2.39. The minimum absolute atomic E-state index is 0.308. The fourth-order valence-electron chi connectivity index (χ4n) is 3.00. The van der Waals surface area contributed by atoms with Gasteiger partial charge in [0.05, 0.1) is 10.4 Å². The molecule has 1 unspecified atom stereocenters. The Bertz CT molecular complexity index is 571. The number of aryl methyl sites for hydroxylation is 3. The second-order valence-electron chi connectivity index (χ2n) is 5.75. The maximum Gasteiger partial charge on any atom is 0.0961 e. The highest BCUT2D eigenvalue weighted by Gasteiger charge is 2.21. The van der Waals surface area contributed by atoms with Gasteiger partial charge in [0, 0.05) is 14.6 Å². The number of hydrogen-bond donors (Lipinski definition) is 1. The molecule has 2 aromatic heterocycles. The molecule has 1 atom stereocenters. The lowest BCUT2D eigenvalue weighted by Crippen LogP contribution is -2.20. The molecular formula is C17H22ClNS2. The molecule has 4 heteroatoms. The molecule has 0 aromatic carbocycles. The van der Waals surface area contributed by atoms with Crippen LogP contribution < -0.4 is 5.32 Å². The number of fused-ring (bicyclic) bond motifs is 1. The predicted octanol–water partition coefficient (Wildman–Crippen LogP) is 5.74. The van der Waals surface area contributed by atoms with E-state index >= 15 is 0 Å². The van der Waals surface area contributed by atoms with E-state index in [1.54, 1.807) is 21.8 Å². The normalized spacial score (nSPS) is 16.5. The van der Waals surface area contributed by atoms with Gasteiger partial charge in [0.1, 0.15) is 0 Å². The van der Waals surface area contributed by atoms with Gasteiger partial charge in [-0.1, -0.05) is 24.9 Å². The SMILES string of the molecule is CCNC(c1cc(C)c(Cl)s1)c1cc2c(s1)CCCCC2. The summed E-state index contributed by atoms with van der Waals surface area (Å²) in [7, 11) is 0. The molecule has 0 fully saturated rings. The first kappa shape index (κ1) is 15.5. The first-order valence-electron chi connectivity index (χ1n) is 7.79. The monoisotopic (exact) mass is 339 g/mol. The van der Waals surface area contributed by atoms with Crippen molar-refractivity contribution in [3.8, 4) is 0 Å². The number of rotatable bonds is 4. The Morgan fingerprint density at radius 3 is 2.62 bits per heavy atom. The summed E-state index contributed by atoms with van der Waals surface area (Å²) < 4.78 is 0.922. The molecule has 2 heterocycles. The fraction of sp³-hybridized carbons (Fsp3) is 0.529. The van der Waals surface area contributed by atoms with Crippen LogP contribution in [0, 0.1) is 6.92 Å². The van der Waals surface area contributed by atoms with Crippen molar-refractivity contribution in [2.75, 3.05) is 6.54 Å². The summed E-state index contributed by atoms with van der Waals surface area (Å²) >= 11 is 10.0. The largest absolute Gasteiger partial charge is 0.305 e. The molecule has 3 rings (SSSR count). The average Bonchev–Trinajstić information content (AvgIpc) is 2.93. The topological polar surface area (TPSA) is 12.0 Å². The summed E-state index contributed by atoms with van der Waals surface area (Å²) in [6.07, 6.45) is 6.60. The maximum atomic E-state index is 6.28. The molecule has 0 aliphatic heterocycles. The van der Waals surface area contributed by atoms with E-state index in [1.807, 2.05) is 11.3 Å². The molecule has 0 saturated heterocycles. The predicted molar refractivity (Wildman–Crippen MR) is 95.2 cm³/mol. The molecule has 1 nitrogen and oxygen atoms in total. The van der Waals surface area contributed by atoms with Crippen LogP contribution in [0.15, 0.2) is 12.1 Å². The van der Waals surface area contributed by atoms with Gasteiger partial charge >= 0.3 is 0 Å². The van der Waals surface area contributed by atoms with Crippen LogP contribution in [-0.2, 0) is 12.8 Å². The van der Waals surface area contributed by atoms with Crippen LogP contribution in [0.25, 0.3) is 0 Å². The summed E-state index contributed by atoms with van der Waals surface area (Å²) in [4.78, 5) is 4.42. The fourth-order valence-corrected chi connectivity index (χ4v) is 5.74. The van der Waals surface area contributed by atoms with Gasteiger partial charge in [-0.25, -0.2) is 0 Å². The zero-order valence-corrected chi connectivity index (χ0v) is 15.1. The molecule has 0 spiro atoms. The molecule has 0 saturated carbocycles. The number of halogens is 1. The van der Waals surface area contributed by atoms with E-state index in [1.165, 1.54) is 47.4 Å². The molecule has 0 radical (unpaired) electrons. The summed E-state index contributed by atoms with van der Waals surface area (Å²) in [5.41, 5.74) is 2.78. The quantitative estimate of drug-likeness (QED) is 0.700. The zero-order valence-electron chi connectivity index (χ0n) is 12.7. The van der Waals surface area contributed by atoms with Gasteiger partial charge in [-0.05, 0) is 62.4 Å². The second kappa shape index (κ2) is 6.82. The Morgan fingerprint density at radius 2 is 1.90 bits per heavy atom. The maximum absolute atomic E-state index is 6.28. The lowest BCUT2D eigenvalue weighted by Gasteiger charge is -2.14. The van der Waals surface area contributed by atoms with Gasteiger partial charge in [0.25, 0.3) is 0 Å². The van der Waals surface area contributed by atoms with Crippen molar-refractivity contribution in [2.45, 2.75) is 52.0 Å². The van der Waals surface area contributed by atoms with Crippen molar-refractivity contribution < 1.29 is 0 Å². The first-order chi connectivity index (χ1) is 10.2. The first-order valence-corrected chi connectivity index (χ1v) is 9.80. The smallest absolute Gasteiger partial charge is 0.0961 e. The molecule has 1 aliphatic rings. The summed E-state index contributed by atoms with van der Waals surface area (Å²) in [6, 6.07) is 5.00. The molecule has 1 N–H and O–H groups in total.